The van der Waals surface area contributed by atoms with Crippen LogP contribution in [-0.4, -0.2) is 35.2 Å². The summed E-state index contributed by atoms with van der Waals surface area (Å²) in [6.45, 7) is 2.10. The first-order valence-corrected chi connectivity index (χ1v) is 9.03. The molecule has 0 unspecified atom stereocenters. The molecule has 1 aliphatic heterocycles. The lowest BCUT2D eigenvalue weighted by molar-refractivity contribution is 0.0691. The molecule has 1 fully saturated rings. The molecule has 0 saturated carbocycles. The van der Waals surface area contributed by atoms with Crippen molar-refractivity contribution in [1.82, 2.24) is 4.90 Å². The van der Waals surface area contributed by atoms with Crippen molar-refractivity contribution in [2.75, 3.05) is 13.2 Å². The molecule has 0 spiro atoms. The first-order chi connectivity index (χ1) is 12.4. The molecule has 1 aliphatic rings. The molecule has 4 nitrogen and oxygen atoms in total. The van der Waals surface area contributed by atoms with Crippen molar-refractivity contribution in [1.29, 1.82) is 0 Å². The number of carboxylic acids is 1. The van der Waals surface area contributed by atoms with E-state index in [1.807, 2.05) is 24.3 Å². The second-order valence-electron chi connectivity index (χ2n) is 6.27. The molecule has 26 heavy (non-hydrogen) atoms. The summed E-state index contributed by atoms with van der Waals surface area (Å²) in [4.78, 5) is 13.2. The van der Waals surface area contributed by atoms with E-state index in [-0.39, 0.29) is 16.8 Å². The van der Waals surface area contributed by atoms with Crippen LogP contribution in [0.4, 0.5) is 4.39 Å². The number of hydrogen-bond acceptors (Lipinski definition) is 3. The van der Waals surface area contributed by atoms with Gasteiger partial charge in [0, 0.05) is 23.7 Å². The van der Waals surface area contributed by atoms with E-state index in [1.54, 1.807) is 0 Å². The van der Waals surface area contributed by atoms with Gasteiger partial charge >= 0.3 is 5.97 Å². The highest BCUT2D eigenvalue weighted by molar-refractivity contribution is 6.32. The molecule has 1 heterocycles. The summed E-state index contributed by atoms with van der Waals surface area (Å²) >= 11 is 12.0. The molecule has 1 N–H and O–H groups in total. The van der Waals surface area contributed by atoms with Gasteiger partial charge in [0.05, 0.1) is 10.6 Å². The Labute approximate surface area is 161 Å². The summed E-state index contributed by atoms with van der Waals surface area (Å²) in [7, 11) is 0. The van der Waals surface area contributed by atoms with Crippen LogP contribution in [0.25, 0.3) is 0 Å². The van der Waals surface area contributed by atoms with Gasteiger partial charge in [0.2, 0.25) is 0 Å². The van der Waals surface area contributed by atoms with Crippen molar-refractivity contribution in [3.05, 3.63) is 63.4 Å². The molecule has 1 atom stereocenters. The van der Waals surface area contributed by atoms with Crippen molar-refractivity contribution >= 4 is 29.2 Å². The Hall–Kier alpha value is -1.82. The number of halogens is 3. The number of rotatable bonds is 6. The molecule has 3 rings (SSSR count). The van der Waals surface area contributed by atoms with Crippen LogP contribution in [0.1, 0.15) is 28.8 Å². The lowest BCUT2D eigenvalue weighted by Crippen LogP contribution is -2.33. The molecule has 2 aromatic rings. The Balaban J connectivity index is 1.64. The molecule has 0 bridgehead atoms. The van der Waals surface area contributed by atoms with E-state index in [0.717, 1.165) is 43.6 Å². The number of nitrogens with zero attached hydrogens (tertiary/aromatic N) is 1. The van der Waals surface area contributed by atoms with Crippen LogP contribution in [0.3, 0.4) is 0 Å². The van der Waals surface area contributed by atoms with E-state index in [0.29, 0.717) is 11.6 Å². The third-order valence-corrected chi connectivity index (χ3v) is 5.03. The van der Waals surface area contributed by atoms with Crippen LogP contribution in [0.5, 0.6) is 5.75 Å². The van der Waals surface area contributed by atoms with Gasteiger partial charge < -0.3 is 9.84 Å². The van der Waals surface area contributed by atoms with Gasteiger partial charge in [0.1, 0.15) is 18.2 Å². The number of ether oxygens (including phenoxy) is 1. The van der Waals surface area contributed by atoms with E-state index >= 15 is 0 Å². The first-order valence-electron chi connectivity index (χ1n) is 8.27. The fourth-order valence-electron chi connectivity index (χ4n) is 3.11. The SMILES string of the molecule is O=C(O)c1cc(Cl)c(OC[C@H]2CCCN2Cc2ccc(Cl)cc2)cc1F. The van der Waals surface area contributed by atoms with Gasteiger partial charge in [-0.25, -0.2) is 9.18 Å². The fraction of sp³-hybridized carbons (Fsp3) is 0.316. The molecule has 7 heteroatoms. The number of benzene rings is 2. The normalized spacial score (nSPS) is 17.4. The van der Waals surface area contributed by atoms with Crippen molar-refractivity contribution in [3.63, 3.8) is 0 Å². The number of carbonyl (C=O) groups is 1. The van der Waals surface area contributed by atoms with Crippen molar-refractivity contribution in [2.45, 2.75) is 25.4 Å². The van der Waals surface area contributed by atoms with Gasteiger partial charge in [-0.3, -0.25) is 4.90 Å². The summed E-state index contributed by atoms with van der Waals surface area (Å²) in [6.07, 6.45) is 2.03. The Bertz CT molecular complexity index is 798. The Kier molecular flexibility index (Phi) is 6.01. The van der Waals surface area contributed by atoms with Crippen molar-refractivity contribution < 1.29 is 19.0 Å². The number of hydrogen-bond donors (Lipinski definition) is 1. The van der Waals surface area contributed by atoms with Crippen LogP contribution in [0.15, 0.2) is 36.4 Å². The summed E-state index contributed by atoms with van der Waals surface area (Å²) in [5.41, 5.74) is 0.698. The number of likely N-dealkylation sites (tertiary alicyclic amines) is 1. The van der Waals surface area contributed by atoms with Crippen LogP contribution in [0.2, 0.25) is 10.0 Å². The quantitative estimate of drug-likeness (QED) is 0.754. The molecule has 138 valence electrons. The van der Waals surface area contributed by atoms with Crippen molar-refractivity contribution in [2.24, 2.45) is 0 Å². The lowest BCUT2D eigenvalue weighted by atomic mass is 10.2. The van der Waals surface area contributed by atoms with Crippen LogP contribution in [-0.2, 0) is 6.54 Å². The van der Waals surface area contributed by atoms with E-state index < -0.39 is 17.3 Å². The van der Waals surface area contributed by atoms with Gasteiger partial charge in [0.15, 0.2) is 0 Å². The summed E-state index contributed by atoms with van der Waals surface area (Å²) < 4.78 is 19.5. The zero-order valence-electron chi connectivity index (χ0n) is 13.9. The highest BCUT2D eigenvalue weighted by Gasteiger charge is 2.25. The second-order valence-corrected chi connectivity index (χ2v) is 7.12. The minimum atomic E-state index is -1.36. The summed E-state index contributed by atoms with van der Waals surface area (Å²) in [5, 5.41) is 9.72. The van der Waals surface area contributed by atoms with Crippen LogP contribution in [0, 0.1) is 5.82 Å². The first kappa shape index (κ1) is 19.0. The molecule has 1 saturated heterocycles. The van der Waals surface area contributed by atoms with E-state index in [2.05, 4.69) is 4.90 Å². The lowest BCUT2D eigenvalue weighted by Gasteiger charge is -2.25. The monoisotopic (exact) mass is 397 g/mol. The predicted molar refractivity (Wildman–Crippen MR) is 98.7 cm³/mol. The molecule has 0 radical (unpaired) electrons. The maximum absolute atomic E-state index is 13.8. The minimum absolute atomic E-state index is 0.0889. The standard InChI is InChI=1S/C19H18Cl2FNO3/c20-13-5-3-12(4-6-13)10-23-7-1-2-14(23)11-26-18-9-17(22)15(19(24)25)8-16(18)21/h3-6,8-9,14H,1-2,7,10-11H2,(H,24,25)/t14-/m1/s1. The third-order valence-electron chi connectivity index (χ3n) is 4.48. The molecule has 0 amide bonds. The maximum Gasteiger partial charge on any atom is 0.338 e. The van der Waals surface area contributed by atoms with E-state index in [9.17, 15) is 9.18 Å². The number of aromatic carboxylic acids is 1. The second kappa shape index (κ2) is 8.25. The third kappa shape index (κ3) is 4.47. The van der Waals surface area contributed by atoms with E-state index in [1.165, 1.54) is 0 Å². The molecule has 0 aromatic heterocycles. The maximum atomic E-state index is 13.8. The van der Waals surface area contributed by atoms with Gasteiger partial charge in [-0.15, -0.1) is 0 Å². The Morgan fingerprint density at radius 2 is 2.00 bits per heavy atom. The average Bonchev–Trinajstić information content (AvgIpc) is 3.04. The molecule has 2 aromatic carbocycles. The Morgan fingerprint density at radius 1 is 1.27 bits per heavy atom. The largest absolute Gasteiger partial charge is 0.490 e. The smallest absolute Gasteiger partial charge is 0.338 e. The summed E-state index contributed by atoms with van der Waals surface area (Å²) in [5.74, 6) is -2.06. The van der Waals surface area contributed by atoms with Crippen molar-refractivity contribution in [3.8, 4) is 5.75 Å². The summed E-state index contributed by atoms with van der Waals surface area (Å²) in [6, 6.07) is 10.0. The van der Waals surface area contributed by atoms with Gasteiger partial charge in [0.25, 0.3) is 0 Å². The Morgan fingerprint density at radius 3 is 2.69 bits per heavy atom. The highest BCUT2D eigenvalue weighted by atomic mass is 35.5. The molecular weight excluding hydrogens is 380 g/mol. The topological polar surface area (TPSA) is 49.8 Å². The zero-order valence-corrected chi connectivity index (χ0v) is 15.4. The van der Waals surface area contributed by atoms with E-state index in [4.69, 9.17) is 33.0 Å². The van der Waals surface area contributed by atoms with Crippen LogP contribution >= 0.6 is 23.2 Å². The molecule has 0 aliphatic carbocycles. The minimum Gasteiger partial charge on any atom is -0.490 e. The predicted octanol–water partition coefficient (Wildman–Crippen LogP) is 4.87. The number of carboxylic acid groups (broad SMARTS) is 1. The van der Waals surface area contributed by atoms with Gasteiger partial charge in [-0.1, -0.05) is 35.3 Å². The van der Waals surface area contributed by atoms with Crippen LogP contribution < -0.4 is 4.74 Å². The zero-order chi connectivity index (χ0) is 18.7. The highest BCUT2D eigenvalue weighted by Crippen LogP contribution is 2.29. The molecular formula is C19H18Cl2FNO3. The fourth-order valence-corrected chi connectivity index (χ4v) is 3.45. The van der Waals surface area contributed by atoms with Gasteiger partial charge in [-0.2, -0.15) is 0 Å². The van der Waals surface area contributed by atoms with Gasteiger partial charge in [-0.05, 0) is 43.1 Å². The average molecular weight is 398 g/mol.